The predicted molar refractivity (Wildman–Crippen MR) is 118 cm³/mol. The summed E-state index contributed by atoms with van der Waals surface area (Å²) in [5.41, 5.74) is 1.84. The maximum atomic E-state index is 12.5. The van der Waals surface area contributed by atoms with E-state index in [1.807, 2.05) is 18.2 Å². The monoisotopic (exact) mass is 505 g/mol. The van der Waals surface area contributed by atoms with Crippen molar-refractivity contribution in [3.8, 4) is 11.5 Å². The van der Waals surface area contributed by atoms with Crippen molar-refractivity contribution in [2.45, 2.75) is 26.0 Å². The molecule has 154 valence electrons. The molecule has 0 amide bonds. The summed E-state index contributed by atoms with van der Waals surface area (Å²) in [5, 5.41) is 6.33. The quantitative estimate of drug-likeness (QED) is 0.232. The zero-order valence-electron chi connectivity index (χ0n) is 16.0. The second-order valence-corrected chi connectivity index (χ2v) is 5.79. The molecule has 2 rings (SSSR count). The van der Waals surface area contributed by atoms with Crippen molar-refractivity contribution < 1.29 is 18.3 Å². The summed E-state index contributed by atoms with van der Waals surface area (Å²) in [6, 6.07) is 14.7. The van der Waals surface area contributed by atoms with Crippen LogP contribution < -0.4 is 20.1 Å². The SMILES string of the molecule is CN=C(NCCCc1cccc(OC)c1)NCc1ccccc1OC(F)F.I. The summed E-state index contributed by atoms with van der Waals surface area (Å²) in [6.07, 6.45) is 1.82. The molecule has 2 aromatic rings. The lowest BCUT2D eigenvalue weighted by atomic mass is 10.1. The van der Waals surface area contributed by atoms with Crippen molar-refractivity contribution in [3.05, 3.63) is 59.7 Å². The Morgan fingerprint density at radius 1 is 1.11 bits per heavy atom. The highest BCUT2D eigenvalue weighted by Gasteiger charge is 2.09. The van der Waals surface area contributed by atoms with Crippen LogP contribution in [0.15, 0.2) is 53.5 Å². The van der Waals surface area contributed by atoms with E-state index in [2.05, 4.69) is 26.4 Å². The maximum absolute atomic E-state index is 12.5. The number of benzene rings is 2. The summed E-state index contributed by atoms with van der Waals surface area (Å²) in [4.78, 5) is 4.15. The molecular formula is C20H26F2IN3O2. The van der Waals surface area contributed by atoms with Gasteiger partial charge in [-0.25, -0.2) is 0 Å². The number of rotatable bonds is 9. The van der Waals surface area contributed by atoms with Crippen LogP contribution in [0.2, 0.25) is 0 Å². The Labute approximate surface area is 181 Å². The first kappa shape index (κ1) is 23.9. The smallest absolute Gasteiger partial charge is 0.387 e. The Bertz CT molecular complexity index is 745. The molecule has 0 fully saturated rings. The number of alkyl halides is 2. The zero-order valence-corrected chi connectivity index (χ0v) is 18.3. The molecule has 0 atom stereocenters. The fourth-order valence-corrected chi connectivity index (χ4v) is 2.59. The molecule has 0 spiro atoms. The number of guanidine groups is 1. The second-order valence-electron chi connectivity index (χ2n) is 5.79. The molecule has 0 aliphatic carbocycles. The Hall–Kier alpha value is -2.10. The minimum Gasteiger partial charge on any atom is -0.497 e. The number of halogens is 3. The number of nitrogens with zero attached hydrogens (tertiary/aromatic N) is 1. The van der Waals surface area contributed by atoms with Crippen molar-refractivity contribution in [2.24, 2.45) is 4.99 Å². The number of nitrogens with one attached hydrogen (secondary N) is 2. The van der Waals surface area contributed by atoms with Gasteiger partial charge < -0.3 is 20.1 Å². The van der Waals surface area contributed by atoms with Gasteiger partial charge in [-0.15, -0.1) is 24.0 Å². The van der Waals surface area contributed by atoms with Crippen molar-refractivity contribution in [3.63, 3.8) is 0 Å². The molecule has 2 N–H and O–H groups in total. The minimum atomic E-state index is -2.85. The standard InChI is InChI=1S/C20H25F2N3O2.HI/c1-23-20(24-12-6-8-15-7-5-10-17(13-15)26-2)25-14-16-9-3-4-11-18(16)27-19(21)22;/h3-5,7,9-11,13,19H,6,8,12,14H2,1-2H3,(H2,23,24,25);1H. The Balaban J connectivity index is 0.00000392. The topological polar surface area (TPSA) is 54.9 Å². The molecule has 8 heteroatoms. The number of aryl methyl sites for hydroxylation is 1. The van der Waals surface area contributed by atoms with Gasteiger partial charge in [0.1, 0.15) is 11.5 Å². The van der Waals surface area contributed by atoms with E-state index in [1.54, 1.807) is 32.4 Å². The van der Waals surface area contributed by atoms with Crippen molar-refractivity contribution in [1.82, 2.24) is 10.6 Å². The van der Waals surface area contributed by atoms with E-state index in [0.717, 1.165) is 25.1 Å². The number of aliphatic imine (C=N–C) groups is 1. The minimum absolute atomic E-state index is 0. The normalized spacial score (nSPS) is 11.0. The first-order valence-corrected chi connectivity index (χ1v) is 8.72. The maximum Gasteiger partial charge on any atom is 0.387 e. The number of ether oxygens (including phenoxy) is 2. The fourth-order valence-electron chi connectivity index (χ4n) is 2.59. The van der Waals surface area contributed by atoms with E-state index < -0.39 is 6.61 Å². The van der Waals surface area contributed by atoms with E-state index in [0.29, 0.717) is 18.1 Å². The summed E-state index contributed by atoms with van der Waals surface area (Å²) < 4.78 is 34.7. The average molecular weight is 505 g/mol. The number of para-hydroxylation sites is 1. The molecule has 0 saturated heterocycles. The van der Waals surface area contributed by atoms with Crippen LogP contribution in [0, 0.1) is 0 Å². The first-order valence-electron chi connectivity index (χ1n) is 8.72. The molecule has 0 aliphatic heterocycles. The largest absolute Gasteiger partial charge is 0.497 e. The Kier molecular flexibility index (Phi) is 11.2. The van der Waals surface area contributed by atoms with Gasteiger partial charge in [0.05, 0.1) is 7.11 Å². The van der Waals surface area contributed by atoms with Crippen LogP contribution in [0.5, 0.6) is 11.5 Å². The van der Waals surface area contributed by atoms with Gasteiger partial charge in [0.15, 0.2) is 5.96 Å². The number of methoxy groups -OCH3 is 1. The molecule has 2 aromatic carbocycles. The first-order chi connectivity index (χ1) is 13.1. The average Bonchev–Trinajstić information content (AvgIpc) is 2.68. The molecule has 0 radical (unpaired) electrons. The van der Waals surface area contributed by atoms with Crippen LogP contribution in [0.4, 0.5) is 8.78 Å². The van der Waals surface area contributed by atoms with Gasteiger partial charge >= 0.3 is 6.61 Å². The lowest BCUT2D eigenvalue weighted by Crippen LogP contribution is -2.37. The Morgan fingerprint density at radius 3 is 2.61 bits per heavy atom. The highest BCUT2D eigenvalue weighted by Crippen LogP contribution is 2.19. The third kappa shape index (κ3) is 8.28. The molecule has 28 heavy (non-hydrogen) atoms. The summed E-state index contributed by atoms with van der Waals surface area (Å²) >= 11 is 0. The zero-order chi connectivity index (χ0) is 19.5. The van der Waals surface area contributed by atoms with Gasteiger partial charge in [0.2, 0.25) is 0 Å². The van der Waals surface area contributed by atoms with Gasteiger partial charge in [-0.2, -0.15) is 8.78 Å². The molecule has 0 bridgehead atoms. The lowest BCUT2D eigenvalue weighted by Gasteiger charge is -2.14. The predicted octanol–water partition coefficient (Wildman–Crippen LogP) is 4.21. The number of hydrogen-bond acceptors (Lipinski definition) is 3. The van der Waals surface area contributed by atoms with E-state index in [-0.39, 0.29) is 29.7 Å². The molecule has 0 aliphatic rings. The molecular weight excluding hydrogens is 479 g/mol. The van der Waals surface area contributed by atoms with E-state index in [4.69, 9.17) is 4.74 Å². The van der Waals surface area contributed by atoms with Crippen LogP contribution in [-0.4, -0.2) is 33.3 Å². The summed E-state index contributed by atoms with van der Waals surface area (Å²) in [7, 11) is 3.32. The molecule has 0 unspecified atom stereocenters. The lowest BCUT2D eigenvalue weighted by molar-refractivity contribution is -0.0504. The van der Waals surface area contributed by atoms with Crippen molar-refractivity contribution in [1.29, 1.82) is 0 Å². The van der Waals surface area contributed by atoms with Gasteiger partial charge in [-0.3, -0.25) is 4.99 Å². The van der Waals surface area contributed by atoms with Gasteiger partial charge in [0, 0.05) is 25.7 Å². The second kappa shape index (κ2) is 13.1. The van der Waals surface area contributed by atoms with Crippen LogP contribution in [-0.2, 0) is 13.0 Å². The summed E-state index contributed by atoms with van der Waals surface area (Å²) in [6.45, 7) is -1.79. The van der Waals surface area contributed by atoms with E-state index >= 15 is 0 Å². The number of hydrogen-bond donors (Lipinski definition) is 2. The van der Waals surface area contributed by atoms with E-state index in [1.165, 1.54) is 11.6 Å². The molecule has 0 saturated carbocycles. The Morgan fingerprint density at radius 2 is 1.89 bits per heavy atom. The molecule has 5 nitrogen and oxygen atoms in total. The highest BCUT2D eigenvalue weighted by molar-refractivity contribution is 14.0. The summed E-state index contributed by atoms with van der Waals surface area (Å²) in [5.74, 6) is 1.61. The van der Waals surface area contributed by atoms with Crippen molar-refractivity contribution in [2.75, 3.05) is 20.7 Å². The third-order valence-electron chi connectivity index (χ3n) is 3.93. The van der Waals surface area contributed by atoms with Gasteiger partial charge in [-0.05, 0) is 36.6 Å². The van der Waals surface area contributed by atoms with Crippen LogP contribution in [0.1, 0.15) is 17.5 Å². The molecule has 0 heterocycles. The molecule has 0 aromatic heterocycles. The third-order valence-corrected chi connectivity index (χ3v) is 3.93. The van der Waals surface area contributed by atoms with Crippen LogP contribution in [0.25, 0.3) is 0 Å². The van der Waals surface area contributed by atoms with Crippen LogP contribution >= 0.6 is 24.0 Å². The van der Waals surface area contributed by atoms with Crippen molar-refractivity contribution >= 4 is 29.9 Å². The fraction of sp³-hybridized carbons (Fsp3) is 0.350. The van der Waals surface area contributed by atoms with Gasteiger partial charge in [0.25, 0.3) is 0 Å². The highest BCUT2D eigenvalue weighted by atomic mass is 127. The van der Waals surface area contributed by atoms with Gasteiger partial charge in [-0.1, -0.05) is 30.3 Å². The van der Waals surface area contributed by atoms with Crippen LogP contribution in [0.3, 0.4) is 0 Å². The van der Waals surface area contributed by atoms with E-state index in [9.17, 15) is 8.78 Å².